The summed E-state index contributed by atoms with van der Waals surface area (Å²) in [7, 11) is 0. The summed E-state index contributed by atoms with van der Waals surface area (Å²) in [5.74, 6) is 0. The SMILES string of the molecule is [Ag+].[Ag+].[Ag+].[Ag+].[O-2].[O-2].[O-2].[O-2].[Rb+].[Rb+].[Rb+].[Rb+]. The van der Waals surface area contributed by atoms with Crippen molar-refractivity contribution in [2.75, 3.05) is 0 Å². The molecule has 0 amide bonds. The molecule has 12 heteroatoms. The molecule has 0 saturated carbocycles. The van der Waals surface area contributed by atoms with Crippen molar-refractivity contribution in [3.8, 4) is 0 Å². The molecule has 0 aromatic heterocycles. The third-order valence-corrected chi connectivity index (χ3v) is 0. The fourth-order valence-electron chi connectivity index (χ4n) is 0. The van der Waals surface area contributed by atoms with Crippen molar-refractivity contribution in [1.82, 2.24) is 0 Å². The van der Waals surface area contributed by atoms with Crippen LogP contribution in [0.3, 0.4) is 0 Å². The van der Waals surface area contributed by atoms with Crippen LogP contribution in [0.1, 0.15) is 0 Å². The molecule has 4 nitrogen and oxygen atoms in total. The molecule has 0 atom stereocenters. The van der Waals surface area contributed by atoms with Crippen LogP contribution in [-0.2, 0) is 111 Å². The van der Waals surface area contributed by atoms with E-state index in [2.05, 4.69) is 0 Å². The predicted octanol–water partition coefficient (Wildman–Crippen LogP) is -12.5. The maximum Gasteiger partial charge on any atom is 1.00 e. The maximum absolute atomic E-state index is 0. The third-order valence-electron chi connectivity index (χ3n) is 0. The fraction of sp³-hybridized carbons (Fsp3) is 0. The minimum atomic E-state index is 0. The molecule has 12 heavy (non-hydrogen) atoms. The van der Waals surface area contributed by atoms with E-state index in [1.165, 1.54) is 0 Å². The van der Waals surface area contributed by atoms with Gasteiger partial charge in [-0.05, 0) is 0 Å². The van der Waals surface area contributed by atoms with Crippen LogP contribution in [0.2, 0.25) is 0 Å². The van der Waals surface area contributed by atoms with Crippen LogP contribution in [0, 0.1) is 0 Å². The molecule has 0 N–H and O–H groups in total. The topological polar surface area (TPSA) is 114 Å². The van der Waals surface area contributed by atoms with Gasteiger partial charge in [-0.1, -0.05) is 0 Å². The average molecular weight is 837 g/mol. The van der Waals surface area contributed by atoms with Gasteiger partial charge in [0, 0.05) is 0 Å². The van der Waals surface area contributed by atoms with Crippen molar-refractivity contribution in [3.05, 3.63) is 0 Å². The van der Waals surface area contributed by atoms with Crippen molar-refractivity contribution in [2.45, 2.75) is 0 Å². The number of hydrogen-bond donors (Lipinski definition) is 0. The van der Waals surface area contributed by atoms with Gasteiger partial charge in [-0.3, -0.25) is 0 Å². The van der Waals surface area contributed by atoms with Crippen molar-refractivity contribution in [2.24, 2.45) is 0 Å². The first-order valence-electron chi connectivity index (χ1n) is 0. The molecule has 0 aliphatic rings. The van der Waals surface area contributed by atoms with Gasteiger partial charge >= 0.3 is 322 Å². The zero-order chi connectivity index (χ0) is 0. The monoisotopic (exact) mass is 831 g/mol. The summed E-state index contributed by atoms with van der Waals surface area (Å²) in [4.78, 5) is 0. The van der Waals surface area contributed by atoms with Gasteiger partial charge in [-0.25, -0.2) is 0 Å². The zero-order valence-electron chi connectivity index (χ0n) is 6.84. The van der Waals surface area contributed by atoms with E-state index >= 15 is 0 Å². The van der Waals surface area contributed by atoms with Gasteiger partial charge in [0.25, 0.3) is 0 Å². The molecule has 0 aliphatic heterocycles. The normalized spacial score (nSPS) is 0. The van der Waals surface area contributed by atoms with Crippen molar-refractivity contribution in [1.29, 1.82) is 0 Å². The van der Waals surface area contributed by atoms with Gasteiger partial charge in [0.15, 0.2) is 0 Å². The first kappa shape index (κ1) is 96.9. The molecular formula is Ag4O4Rb4. The molecule has 0 heterocycles. The molecule has 0 radical (unpaired) electrons. The molecule has 0 saturated heterocycles. The third kappa shape index (κ3) is 72.1. The van der Waals surface area contributed by atoms with Gasteiger partial charge in [0.05, 0.1) is 0 Å². The van der Waals surface area contributed by atoms with Gasteiger partial charge in [0.2, 0.25) is 0 Å². The van der Waals surface area contributed by atoms with E-state index < -0.39 is 0 Å². The Hall–Kier alpha value is 10.0. The Bertz CT molecular complexity index is 19.0. The average Bonchev–Trinajstić information content (AvgIpc) is 0. The van der Waals surface area contributed by atoms with Crippen LogP contribution in [-0.4, -0.2) is 0 Å². The van der Waals surface area contributed by atoms with E-state index in [-0.39, 0.29) is 344 Å². The molecule has 0 rings (SSSR count). The molecule has 0 aromatic rings. The summed E-state index contributed by atoms with van der Waals surface area (Å²) in [6.07, 6.45) is 0. The zero-order valence-corrected chi connectivity index (χ0v) is 32.4. The van der Waals surface area contributed by atoms with Crippen LogP contribution >= 0.6 is 0 Å². The maximum atomic E-state index is 0. The molecule has 72 valence electrons. The van der Waals surface area contributed by atoms with Crippen LogP contribution in [0.25, 0.3) is 0 Å². The summed E-state index contributed by atoms with van der Waals surface area (Å²) in [6.45, 7) is 0. The number of rotatable bonds is 0. The first-order chi connectivity index (χ1) is 0. The Morgan fingerprint density at radius 2 is 0.250 bits per heavy atom. The second-order valence-corrected chi connectivity index (χ2v) is 0. The van der Waals surface area contributed by atoms with E-state index in [1.54, 1.807) is 0 Å². The predicted molar refractivity (Wildman–Crippen MR) is 2.75 cm³/mol. The minimum absolute atomic E-state index is 0. The molecule has 0 fully saturated rings. The quantitative estimate of drug-likeness (QED) is 0.216. The van der Waals surface area contributed by atoms with Crippen LogP contribution < -0.4 is 233 Å². The molecule has 0 spiro atoms. The summed E-state index contributed by atoms with van der Waals surface area (Å²) < 4.78 is 0. The summed E-state index contributed by atoms with van der Waals surface area (Å²) >= 11 is 0. The minimum Gasteiger partial charge on any atom is -2.00 e. The molecule has 0 aromatic carbocycles. The second-order valence-electron chi connectivity index (χ2n) is 0. The Balaban J connectivity index is 0. The van der Waals surface area contributed by atoms with Crippen LogP contribution in [0.4, 0.5) is 0 Å². The van der Waals surface area contributed by atoms with Crippen molar-refractivity contribution < 1.29 is 344 Å². The summed E-state index contributed by atoms with van der Waals surface area (Å²) in [5, 5.41) is 0. The van der Waals surface area contributed by atoms with Crippen molar-refractivity contribution in [3.63, 3.8) is 0 Å². The smallest absolute Gasteiger partial charge is 1.00 e. The molecule has 0 unspecified atom stereocenters. The Morgan fingerprint density at radius 1 is 0.250 bits per heavy atom. The Morgan fingerprint density at radius 3 is 0.250 bits per heavy atom. The largest absolute Gasteiger partial charge is 2.00 e. The van der Waals surface area contributed by atoms with Crippen LogP contribution in [0.15, 0.2) is 0 Å². The Labute approximate surface area is 331 Å². The fourth-order valence-corrected chi connectivity index (χ4v) is 0. The number of hydrogen-bond acceptors (Lipinski definition) is 0. The van der Waals surface area contributed by atoms with E-state index in [9.17, 15) is 0 Å². The van der Waals surface area contributed by atoms with Crippen LogP contribution in [0.5, 0.6) is 0 Å². The van der Waals surface area contributed by atoms with Gasteiger partial charge in [0.1, 0.15) is 0 Å². The van der Waals surface area contributed by atoms with E-state index in [0.29, 0.717) is 0 Å². The first-order valence-corrected chi connectivity index (χ1v) is 0. The van der Waals surface area contributed by atoms with Gasteiger partial charge in [-0.2, -0.15) is 0 Å². The summed E-state index contributed by atoms with van der Waals surface area (Å²) in [5.41, 5.74) is 0. The Kier molecular flexibility index (Phi) is 677. The molecule has 0 bridgehead atoms. The van der Waals surface area contributed by atoms with Gasteiger partial charge < -0.3 is 21.9 Å². The van der Waals surface area contributed by atoms with Crippen molar-refractivity contribution >= 4 is 0 Å². The van der Waals surface area contributed by atoms with E-state index in [0.717, 1.165) is 0 Å². The molecule has 0 aliphatic carbocycles. The summed E-state index contributed by atoms with van der Waals surface area (Å²) in [6, 6.07) is 0. The van der Waals surface area contributed by atoms with E-state index in [4.69, 9.17) is 0 Å². The van der Waals surface area contributed by atoms with E-state index in [1.807, 2.05) is 0 Å². The standard InChI is InChI=1S/4Ag.4O.4Rb/q4*+1;4*-2;4*+1. The van der Waals surface area contributed by atoms with Gasteiger partial charge in [-0.15, -0.1) is 0 Å². The molecular weight excluding hydrogens is 837 g/mol. The second kappa shape index (κ2) is 83.9.